The second-order valence-corrected chi connectivity index (χ2v) is 4.58. The highest BCUT2D eigenvalue weighted by Crippen LogP contribution is 2.37. The van der Waals surface area contributed by atoms with Gasteiger partial charge in [-0.3, -0.25) is 4.79 Å². The van der Waals surface area contributed by atoms with Crippen molar-refractivity contribution in [3.05, 3.63) is 41.5 Å². The molecule has 4 heteroatoms. The summed E-state index contributed by atoms with van der Waals surface area (Å²) in [4.78, 5) is 12.2. The number of carbonyl (C=O) groups excluding carboxylic acids is 1. The fourth-order valence-corrected chi connectivity index (χ4v) is 2.79. The molecule has 1 aromatic heterocycles. The Morgan fingerprint density at radius 2 is 1.88 bits per heavy atom. The first-order valence-corrected chi connectivity index (χ1v) is 5.67. The lowest BCUT2D eigenvalue weighted by atomic mass is 10.1. The van der Waals surface area contributed by atoms with E-state index in [9.17, 15) is 4.79 Å². The van der Waals surface area contributed by atoms with Crippen LogP contribution in [0.1, 0.15) is 15.9 Å². The lowest BCUT2D eigenvalue weighted by Gasteiger charge is -1.99. The van der Waals surface area contributed by atoms with Gasteiger partial charge in [-0.2, -0.15) is 0 Å². The molecule has 1 amide bonds. The molecule has 0 saturated carbocycles. The number of carbonyl (C=O) groups is 1. The Morgan fingerprint density at radius 1 is 1.25 bits per heavy atom. The van der Waals surface area contributed by atoms with E-state index in [0.29, 0.717) is 10.6 Å². The number of nitrogens with two attached hydrogens (primary N) is 2. The van der Waals surface area contributed by atoms with Crippen LogP contribution in [0.2, 0.25) is 0 Å². The maximum Gasteiger partial charge on any atom is 0.251 e. The van der Waals surface area contributed by atoms with Crippen molar-refractivity contribution in [2.24, 2.45) is 5.73 Å². The van der Waals surface area contributed by atoms with E-state index in [1.54, 1.807) is 0 Å². The van der Waals surface area contributed by atoms with Gasteiger partial charge < -0.3 is 11.5 Å². The molecule has 2 rings (SSSR count). The number of hydrogen-bond acceptors (Lipinski definition) is 3. The summed E-state index contributed by atoms with van der Waals surface area (Å²) in [6, 6.07) is 9.83. The summed E-state index contributed by atoms with van der Waals surface area (Å²) in [6.45, 7) is 1.87. The van der Waals surface area contributed by atoms with Crippen LogP contribution in [0.25, 0.3) is 10.4 Å². The van der Waals surface area contributed by atoms with E-state index in [1.807, 2.05) is 37.3 Å². The zero-order valence-electron chi connectivity index (χ0n) is 8.86. The molecule has 1 heterocycles. The van der Waals surface area contributed by atoms with Crippen LogP contribution >= 0.6 is 11.3 Å². The van der Waals surface area contributed by atoms with Crippen LogP contribution in [0.4, 0.5) is 5.00 Å². The number of anilines is 1. The van der Waals surface area contributed by atoms with Crippen molar-refractivity contribution in [2.45, 2.75) is 6.92 Å². The van der Waals surface area contributed by atoms with E-state index >= 15 is 0 Å². The van der Waals surface area contributed by atoms with E-state index in [0.717, 1.165) is 16.0 Å². The Morgan fingerprint density at radius 3 is 2.38 bits per heavy atom. The van der Waals surface area contributed by atoms with Gasteiger partial charge in [0.25, 0.3) is 5.91 Å². The minimum atomic E-state index is -0.464. The first-order chi connectivity index (χ1) is 7.61. The van der Waals surface area contributed by atoms with Crippen LogP contribution < -0.4 is 11.5 Å². The molecule has 1 aromatic carbocycles. The van der Waals surface area contributed by atoms with E-state index < -0.39 is 5.91 Å². The van der Waals surface area contributed by atoms with Crippen LogP contribution in [0, 0.1) is 6.92 Å². The van der Waals surface area contributed by atoms with Crippen LogP contribution in [0.5, 0.6) is 0 Å². The summed E-state index contributed by atoms with van der Waals surface area (Å²) in [5.41, 5.74) is 13.5. The highest BCUT2D eigenvalue weighted by molar-refractivity contribution is 7.19. The van der Waals surface area contributed by atoms with Gasteiger partial charge in [-0.05, 0) is 18.1 Å². The van der Waals surface area contributed by atoms with E-state index in [-0.39, 0.29) is 0 Å². The van der Waals surface area contributed by atoms with Crippen molar-refractivity contribution < 1.29 is 4.79 Å². The van der Waals surface area contributed by atoms with Gasteiger partial charge in [-0.1, -0.05) is 30.3 Å². The first kappa shape index (κ1) is 10.7. The number of primary amides is 1. The van der Waals surface area contributed by atoms with Crippen LogP contribution in [0.3, 0.4) is 0 Å². The molecular formula is C12H12N2OS. The maximum atomic E-state index is 11.2. The molecule has 3 nitrogen and oxygen atoms in total. The van der Waals surface area contributed by atoms with Crippen molar-refractivity contribution >= 4 is 22.2 Å². The number of rotatable bonds is 2. The van der Waals surface area contributed by atoms with E-state index in [4.69, 9.17) is 11.5 Å². The molecule has 4 N–H and O–H groups in total. The average molecular weight is 232 g/mol. The molecular weight excluding hydrogens is 220 g/mol. The van der Waals surface area contributed by atoms with Crippen LogP contribution in [-0.4, -0.2) is 5.91 Å². The van der Waals surface area contributed by atoms with Crippen LogP contribution in [-0.2, 0) is 0 Å². The van der Waals surface area contributed by atoms with Crippen LogP contribution in [0.15, 0.2) is 30.3 Å². The monoisotopic (exact) mass is 232 g/mol. The summed E-state index contributed by atoms with van der Waals surface area (Å²) in [5.74, 6) is -0.464. The molecule has 0 aliphatic rings. The fourth-order valence-electron chi connectivity index (χ4n) is 1.71. The lowest BCUT2D eigenvalue weighted by Crippen LogP contribution is -2.13. The number of benzene rings is 1. The van der Waals surface area contributed by atoms with Gasteiger partial charge in [0.1, 0.15) is 0 Å². The van der Waals surface area contributed by atoms with Gasteiger partial charge in [-0.25, -0.2) is 0 Å². The average Bonchev–Trinajstić information content (AvgIpc) is 2.55. The number of thiophene rings is 1. The van der Waals surface area contributed by atoms with Crippen molar-refractivity contribution in [3.63, 3.8) is 0 Å². The van der Waals surface area contributed by atoms with Gasteiger partial charge in [-0.15, -0.1) is 11.3 Å². The highest BCUT2D eigenvalue weighted by Gasteiger charge is 2.17. The summed E-state index contributed by atoms with van der Waals surface area (Å²) in [7, 11) is 0. The molecule has 82 valence electrons. The van der Waals surface area contributed by atoms with Crippen molar-refractivity contribution in [1.82, 2.24) is 0 Å². The Balaban J connectivity index is 2.61. The SMILES string of the molecule is Cc1c(-c2ccccc2)sc(N)c1C(N)=O. The third kappa shape index (κ3) is 1.67. The molecule has 2 aromatic rings. The molecule has 0 unspecified atom stereocenters. The number of amides is 1. The third-order valence-corrected chi connectivity index (χ3v) is 3.63. The maximum absolute atomic E-state index is 11.2. The number of nitrogen functional groups attached to an aromatic ring is 1. The minimum absolute atomic E-state index is 0.448. The lowest BCUT2D eigenvalue weighted by molar-refractivity contribution is 0.100. The zero-order valence-corrected chi connectivity index (χ0v) is 9.67. The Labute approximate surface area is 97.7 Å². The van der Waals surface area contributed by atoms with Crippen molar-refractivity contribution in [2.75, 3.05) is 5.73 Å². The molecule has 0 aliphatic carbocycles. The normalized spacial score (nSPS) is 10.3. The van der Waals surface area contributed by atoms with Crippen molar-refractivity contribution in [3.8, 4) is 10.4 Å². The Hall–Kier alpha value is -1.81. The van der Waals surface area contributed by atoms with E-state index in [1.165, 1.54) is 11.3 Å². The second kappa shape index (κ2) is 3.98. The van der Waals surface area contributed by atoms with Gasteiger partial charge in [0.05, 0.1) is 10.6 Å². The van der Waals surface area contributed by atoms with Gasteiger partial charge >= 0.3 is 0 Å². The smallest absolute Gasteiger partial charge is 0.251 e. The first-order valence-electron chi connectivity index (χ1n) is 4.85. The summed E-state index contributed by atoms with van der Waals surface area (Å²) < 4.78 is 0. The number of hydrogen-bond donors (Lipinski definition) is 2. The molecule has 0 fully saturated rings. The highest BCUT2D eigenvalue weighted by atomic mass is 32.1. The predicted molar refractivity (Wildman–Crippen MR) is 67.4 cm³/mol. The fraction of sp³-hybridized carbons (Fsp3) is 0.0833. The van der Waals surface area contributed by atoms with Crippen molar-refractivity contribution in [1.29, 1.82) is 0 Å². The molecule has 0 saturated heterocycles. The molecule has 0 spiro atoms. The van der Waals surface area contributed by atoms with Gasteiger partial charge in [0.2, 0.25) is 0 Å². The van der Waals surface area contributed by atoms with E-state index in [2.05, 4.69) is 0 Å². The third-order valence-electron chi connectivity index (χ3n) is 2.46. The quantitative estimate of drug-likeness (QED) is 0.834. The predicted octanol–water partition coefficient (Wildman–Crippen LogP) is 2.40. The largest absolute Gasteiger partial charge is 0.390 e. The minimum Gasteiger partial charge on any atom is -0.390 e. The van der Waals surface area contributed by atoms with Gasteiger partial charge in [0.15, 0.2) is 0 Å². The molecule has 0 radical (unpaired) electrons. The van der Waals surface area contributed by atoms with Gasteiger partial charge in [0, 0.05) is 4.88 Å². The summed E-state index contributed by atoms with van der Waals surface area (Å²) in [5, 5.41) is 0.490. The Bertz CT molecular complexity index is 531. The molecule has 0 aliphatic heterocycles. The molecule has 0 bridgehead atoms. The standard InChI is InChI=1S/C12H12N2OS/c1-7-9(11(13)15)12(14)16-10(7)8-5-3-2-4-6-8/h2-6H,14H2,1H3,(H2,13,15). The second-order valence-electron chi connectivity index (χ2n) is 3.53. The summed E-state index contributed by atoms with van der Waals surface area (Å²) in [6.07, 6.45) is 0. The molecule has 16 heavy (non-hydrogen) atoms. The Kier molecular flexibility index (Phi) is 2.66. The topological polar surface area (TPSA) is 69.1 Å². The zero-order chi connectivity index (χ0) is 11.7. The summed E-state index contributed by atoms with van der Waals surface area (Å²) >= 11 is 1.40. The molecule has 0 atom stereocenters.